The molecule has 2 amide bonds. The minimum Gasteiger partial charge on any atom is -0.338 e. The summed E-state index contributed by atoms with van der Waals surface area (Å²) in [5.74, 6) is -0.376. The zero-order valence-corrected chi connectivity index (χ0v) is 17.8. The molecule has 1 fully saturated rings. The van der Waals surface area contributed by atoms with E-state index in [1.807, 2.05) is 29.2 Å². The summed E-state index contributed by atoms with van der Waals surface area (Å²) >= 11 is 0. The molecule has 32 heavy (non-hydrogen) atoms. The molecule has 0 spiro atoms. The van der Waals surface area contributed by atoms with Crippen LogP contribution >= 0.6 is 0 Å². The lowest BCUT2D eigenvalue weighted by atomic mass is 9.95. The van der Waals surface area contributed by atoms with Gasteiger partial charge in [-0.1, -0.05) is 12.1 Å². The average molecular weight is 432 g/mol. The molecule has 0 unspecified atom stereocenters. The molecule has 164 valence electrons. The van der Waals surface area contributed by atoms with E-state index >= 15 is 0 Å². The number of benzene rings is 2. The third kappa shape index (κ3) is 4.02. The molecule has 6 nitrogen and oxygen atoms in total. The Morgan fingerprint density at radius 3 is 2.62 bits per heavy atom. The standard InChI is InChI=1S/C25H25FN4O2/c26-18-10-12-20(13-11-18)30-22-8-2-1-7-21(22)24(28-30)25(32)27-19-6-3-5-17(15-19)16-29-14-4-9-23(29)31/h3,5-6,10-13,15H,1-2,4,7-9,14,16H2,(H,27,32). The predicted octanol–water partition coefficient (Wildman–Crippen LogP) is 4.26. The van der Waals surface area contributed by atoms with Crippen LogP contribution in [0.2, 0.25) is 0 Å². The molecular formula is C25H25FN4O2. The lowest BCUT2D eigenvalue weighted by Crippen LogP contribution is -2.23. The summed E-state index contributed by atoms with van der Waals surface area (Å²) in [5.41, 5.74) is 4.83. The zero-order valence-electron chi connectivity index (χ0n) is 17.8. The van der Waals surface area contributed by atoms with Crippen LogP contribution < -0.4 is 5.32 Å². The van der Waals surface area contributed by atoms with Gasteiger partial charge in [0.1, 0.15) is 5.82 Å². The predicted molar refractivity (Wildman–Crippen MR) is 119 cm³/mol. The molecule has 2 aromatic carbocycles. The molecule has 0 radical (unpaired) electrons. The van der Waals surface area contributed by atoms with Crippen molar-refractivity contribution in [1.29, 1.82) is 0 Å². The summed E-state index contributed by atoms with van der Waals surface area (Å²) in [6, 6.07) is 13.8. The van der Waals surface area contributed by atoms with E-state index in [0.717, 1.165) is 61.2 Å². The van der Waals surface area contributed by atoms with Crippen LogP contribution in [0.4, 0.5) is 10.1 Å². The number of hydrogen-bond acceptors (Lipinski definition) is 3. The molecule has 5 rings (SSSR count). The van der Waals surface area contributed by atoms with Crippen molar-refractivity contribution in [3.8, 4) is 5.69 Å². The van der Waals surface area contributed by atoms with E-state index in [1.165, 1.54) is 12.1 Å². The zero-order chi connectivity index (χ0) is 22.1. The maximum absolute atomic E-state index is 13.4. The van der Waals surface area contributed by atoms with Crippen molar-refractivity contribution in [1.82, 2.24) is 14.7 Å². The van der Waals surface area contributed by atoms with Gasteiger partial charge < -0.3 is 10.2 Å². The molecule has 2 aliphatic rings. The number of likely N-dealkylation sites (tertiary alicyclic amines) is 1. The van der Waals surface area contributed by atoms with Crippen molar-refractivity contribution in [3.05, 3.63) is 76.9 Å². The number of anilines is 1. The van der Waals surface area contributed by atoms with Crippen molar-refractivity contribution in [2.45, 2.75) is 45.1 Å². The Labute approximate surface area is 186 Å². The Morgan fingerprint density at radius 2 is 1.84 bits per heavy atom. The molecule has 0 bridgehead atoms. The number of carbonyl (C=O) groups excluding carboxylic acids is 2. The van der Waals surface area contributed by atoms with E-state index in [9.17, 15) is 14.0 Å². The molecule has 7 heteroatoms. The van der Waals surface area contributed by atoms with Crippen molar-refractivity contribution in [2.24, 2.45) is 0 Å². The maximum atomic E-state index is 13.4. The van der Waals surface area contributed by atoms with Crippen molar-refractivity contribution >= 4 is 17.5 Å². The van der Waals surface area contributed by atoms with Gasteiger partial charge in [-0.2, -0.15) is 5.10 Å². The fourth-order valence-electron chi connectivity index (χ4n) is 4.61. The van der Waals surface area contributed by atoms with Crippen molar-refractivity contribution in [2.75, 3.05) is 11.9 Å². The summed E-state index contributed by atoms with van der Waals surface area (Å²) in [4.78, 5) is 27.0. The first-order valence-electron chi connectivity index (χ1n) is 11.1. The van der Waals surface area contributed by atoms with E-state index in [1.54, 1.807) is 16.8 Å². The van der Waals surface area contributed by atoms with E-state index in [2.05, 4.69) is 10.4 Å². The normalized spacial score (nSPS) is 15.7. The number of carbonyl (C=O) groups is 2. The van der Waals surface area contributed by atoms with Crippen LogP contribution in [-0.4, -0.2) is 33.0 Å². The average Bonchev–Trinajstić information content (AvgIpc) is 3.38. The first-order valence-corrected chi connectivity index (χ1v) is 11.1. The van der Waals surface area contributed by atoms with Crippen LogP contribution in [-0.2, 0) is 24.2 Å². The summed E-state index contributed by atoms with van der Waals surface area (Å²) < 4.78 is 15.2. The van der Waals surface area contributed by atoms with E-state index < -0.39 is 0 Å². The number of halogens is 1. The van der Waals surface area contributed by atoms with Gasteiger partial charge in [0, 0.05) is 36.5 Å². The van der Waals surface area contributed by atoms with Gasteiger partial charge in [0.15, 0.2) is 5.69 Å². The van der Waals surface area contributed by atoms with Crippen LogP contribution in [0.15, 0.2) is 48.5 Å². The van der Waals surface area contributed by atoms with Gasteiger partial charge in [-0.25, -0.2) is 9.07 Å². The topological polar surface area (TPSA) is 67.2 Å². The number of aromatic nitrogens is 2. The summed E-state index contributed by atoms with van der Waals surface area (Å²) in [7, 11) is 0. The number of fused-ring (bicyclic) bond motifs is 1. The summed E-state index contributed by atoms with van der Waals surface area (Å²) in [6.45, 7) is 1.33. The highest BCUT2D eigenvalue weighted by Gasteiger charge is 2.26. The molecule has 3 aromatic rings. The van der Waals surface area contributed by atoms with Crippen LogP contribution in [0.25, 0.3) is 5.69 Å². The van der Waals surface area contributed by atoms with Crippen molar-refractivity contribution < 1.29 is 14.0 Å². The molecule has 1 aliphatic heterocycles. The third-order valence-electron chi connectivity index (χ3n) is 6.20. The fourth-order valence-corrected chi connectivity index (χ4v) is 4.61. The fraction of sp³-hybridized carbons (Fsp3) is 0.320. The Bertz CT molecular complexity index is 1170. The lowest BCUT2D eigenvalue weighted by Gasteiger charge is -2.16. The Kier molecular flexibility index (Phi) is 5.47. The van der Waals surface area contributed by atoms with Gasteiger partial charge in [-0.05, 0) is 74.1 Å². The Hall–Kier alpha value is -3.48. The Balaban J connectivity index is 1.39. The quantitative estimate of drug-likeness (QED) is 0.655. The molecular weight excluding hydrogens is 407 g/mol. The second-order valence-corrected chi connectivity index (χ2v) is 8.44. The van der Waals surface area contributed by atoms with E-state index in [0.29, 0.717) is 24.3 Å². The SMILES string of the molecule is O=C(Nc1cccc(CN2CCCC2=O)c1)c1nn(-c2ccc(F)cc2)c2c1CCCC2. The summed E-state index contributed by atoms with van der Waals surface area (Å²) in [5, 5.41) is 7.61. The lowest BCUT2D eigenvalue weighted by molar-refractivity contribution is -0.128. The van der Waals surface area contributed by atoms with Gasteiger partial charge in [0.05, 0.1) is 5.69 Å². The first kappa shape index (κ1) is 20.4. The number of amides is 2. The first-order chi connectivity index (χ1) is 15.6. The number of nitrogens with zero attached hydrogens (tertiary/aromatic N) is 3. The second-order valence-electron chi connectivity index (χ2n) is 8.44. The maximum Gasteiger partial charge on any atom is 0.276 e. The smallest absolute Gasteiger partial charge is 0.276 e. The van der Waals surface area contributed by atoms with Crippen LogP contribution in [0.1, 0.15) is 53.0 Å². The molecule has 0 saturated carbocycles. The highest BCUT2D eigenvalue weighted by Crippen LogP contribution is 2.28. The molecule has 1 aliphatic carbocycles. The van der Waals surface area contributed by atoms with Crippen LogP contribution in [0.3, 0.4) is 0 Å². The molecule has 0 atom stereocenters. The van der Waals surface area contributed by atoms with Gasteiger partial charge >= 0.3 is 0 Å². The van der Waals surface area contributed by atoms with Crippen LogP contribution in [0, 0.1) is 5.82 Å². The molecule has 2 heterocycles. The van der Waals surface area contributed by atoms with Gasteiger partial charge in [0.2, 0.25) is 5.91 Å². The van der Waals surface area contributed by atoms with E-state index in [4.69, 9.17) is 0 Å². The van der Waals surface area contributed by atoms with Gasteiger partial charge in [0.25, 0.3) is 5.91 Å². The van der Waals surface area contributed by atoms with Crippen molar-refractivity contribution in [3.63, 3.8) is 0 Å². The van der Waals surface area contributed by atoms with Crippen LogP contribution in [0.5, 0.6) is 0 Å². The Morgan fingerprint density at radius 1 is 1.03 bits per heavy atom. The monoisotopic (exact) mass is 432 g/mol. The highest BCUT2D eigenvalue weighted by atomic mass is 19.1. The minimum absolute atomic E-state index is 0.178. The van der Waals surface area contributed by atoms with Gasteiger partial charge in [-0.15, -0.1) is 0 Å². The summed E-state index contributed by atoms with van der Waals surface area (Å²) in [6.07, 6.45) is 5.21. The third-order valence-corrected chi connectivity index (χ3v) is 6.20. The number of hydrogen-bond donors (Lipinski definition) is 1. The molecule has 1 saturated heterocycles. The highest BCUT2D eigenvalue weighted by molar-refractivity contribution is 6.04. The molecule has 1 N–H and O–H groups in total. The molecule has 1 aromatic heterocycles. The number of nitrogens with one attached hydrogen (secondary N) is 1. The van der Waals surface area contributed by atoms with E-state index in [-0.39, 0.29) is 17.6 Å². The minimum atomic E-state index is -0.303. The second kappa shape index (κ2) is 8.57. The van der Waals surface area contributed by atoms with Gasteiger partial charge in [-0.3, -0.25) is 9.59 Å². The number of rotatable bonds is 5. The largest absolute Gasteiger partial charge is 0.338 e.